The molecule has 1 aliphatic heterocycles. The molecule has 1 aromatic rings. The molecule has 0 bridgehead atoms. The molecule has 4 nitrogen and oxygen atoms in total. The van der Waals surface area contributed by atoms with Gasteiger partial charge in [0.25, 0.3) is 0 Å². The van der Waals surface area contributed by atoms with E-state index < -0.39 is 0 Å². The van der Waals surface area contributed by atoms with Crippen LogP contribution in [0.15, 0.2) is 12.1 Å². The lowest BCUT2D eigenvalue weighted by molar-refractivity contribution is 0.0820. The molecule has 2 rings (SSSR count). The third kappa shape index (κ3) is 3.09. The van der Waals surface area contributed by atoms with Crippen molar-refractivity contribution in [3.8, 4) is 0 Å². The fraction of sp³-hybridized carbons (Fsp3) is 0.583. The van der Waals surface area contributed by atoms with Crippen LogP contribution in [0, 0.1) is 0 Å². The van der Waals surface area contributed by atoms with E-state index in [1.807, 2.05) is 12.1 Å². The number of nitrogens with two attached hydrogens (primary N) is 1. The zero-order chi connectivity index (χ0) is 12.3. The van der Waals surface area contributed by atoms with Crippen molar-refractivity contribution in [3.05, 3.63) is 22.8 Å². The number of ether oxygens (including phenoxy) is 1. The van der Waals surface area contributed by atoms with Gasteiger partial charge in [-0.2, -0.15) is 0 Å². The van der Waals surface area contributed by atoms with Crippen LogP contribution in [0.25, 0.3) is 0 Å². The topological polar surface area (TPSA) is 51.4 Å². The third-order valence-electron chi connectivity index (χ3n) is 2.87. The fourth-order valence-corrected chi connectivity index (χ4v) is 2.18. The van der Waals surface area contributed by atoms with Crippen LogP contribution in [0.3, 0.4) is 0 Å². The predicted molar refractivity (Wildman–Crippen MR) is 69.4 cm³/mol. The number of nitrogens with zero attached hydrogens (tertiary/aromatic N) is 2. The Hall–Kier alpha value is -0.840. The molecule has 1 unspecified atom stereocenters. The van der Waals surface area contributed by atoms with E-state index in [0.29, 0.717) is 11.6 Å². The van der Waals surface area contributed by atoms with Crippen LogP contribution < -0.4 is 10.6 Å². The highest BCUT2D eigenvalue weighted by atomic mass is 35.5. The van der Waals surface area contributed by atoms with Crippen LogP contribution in [-0.4, -0.2) is 30.8 Å². The number of anilines is 1. The first-order valence-electron chi connectivity index (χ1n) is 5.92. The summed E-state index contributed by atoms with van der Waals surface area (Å²) in [5.74, 6) is 0.937. The van der Waals surface area contributed by atoms with Gasteiger partial charge in [-0.05, 0) is 25.5 Å². The van der Waals surface area contributed by atoms with Crippen molar-refractivity contribution in [1.29, 1.82) is 0 Å². The average molecular weight is 256 g/mol. The molecule has 17 heavy (non-hydrogen) atoms. The number of rotatable bonds is 2. The minimum Gasteiger partial charge on any atom is -0.377 e. The average Bonchev–Trinajstić information content (AvgIpc) is 2.54. The summed E-state index contributed by atoms with van der Waals surface area (Å²) in [5.41, 5.74) is 6.37. The number of halogens is 1. The molecule has 1 aliphatic rings. The van der Waals surface area contributed by atoms with Gasteiger partial charge in [0.15, 0.2) is 0 Å². The standard InChI is InChI=1S/C12H18ClN3O/c1-9-8-16(5-2-6-17-9)12-4-3-10(13)11(7-14)15-12/h3-4,9H,2,5-8,14H2,1H3. The summed E-state index contributed by atoms with van der Waals surface area (Å²) in [7, 11) is 0. The van der Waals surface area contributed by atoms with E-state index in [1.54, 1.807) is 0 Å². The van der Waals surface area contributed by atoms with Gasteiger partial charge in [0, 0.05) is 26.2 Å². The maximum Gasteiger partial charge on any atom is 0.129 e. The van der Waals surface area contributed by atoms with E-state index in [-0.39, 0.29) is 6.10 Å². The summed E-state index contributed by atoms with van der Waals surface area (Å²) in [4.78, 5) is 6.73. The van der Waals surface area contributed by atoms with Crippen LogP contribution >= 0.6 is 11.6 Å². The lowest BCUT2D eigenvalue weighted by Crippen LogP contribution is -2.31. The molecule has 0 saturated carbocycles. The van der Waals surface area contributed by atoms with Crippen molar-refractivity contribution in [1.82, 2.24) is 4.98 Å². The molecule has 94 valence electrons. The number of hydrogen-bond donors (Lipinski definition) is 1. The summed E-state index contributed by atoms with van der Waals surface area (Å²) in [5, 5.41) is 0.635. The molecule has 1 fully saturated rings. The van der Waals surface area contributed by atoms with Crippen LogP contribution in [0.4, 0.5) is 5.82 Å². The Morgan fingerprint density at radius 2 is 2.41 bits per heavy atom. The second-order valence-electron chi connectivity index (χ2n) is 4.28. The van der Waals surface area contributed by atoms with Gasteiger partial charge in [-0.3, -0.25) is 0 Å². The van der Waals surface area contributed by atoms with Gasteiger partial charge >= 0.3 is 0 Å². The highest BCUT2D eigenvalue weighted by Gasteiger charge is 2.17. The predicted octanol–water partition coefficient (Wildman–Crippen LogP) is 1.81. The fourth-order valence-electron chi connectivity index (χ4n) is 1.99. The van der Waals surface area contributed by atoms with E-state index in [2.05, 4.69) is 16.8 Å². The SMILES string of the molecule is CC1CN(c2ccc(Cl)c(CN)n2)CCCO1. The lowest BCUT2D eigenvalue weighted by Gasteiger charge is -2.23. The minimum atomic E-state index is 0.233. The summed E-state index contributed by atoms with van der Waals surface area (Å²) in [6.07, 6.45) is 1.25. The highest BCUT2D eigenvalue weighted by molar-refractivity contribution is 6.31. The molecule has 2 heterocycles. The zero-order valence-electron chi connectivity index (χ0n) is 10.0. The van der Waals surface area contributed by atoms with Crippen molar-refractivity contribution in [2.75, 3.05) is 24.6 Å². The molecule has 0 radical (unpaired) electrons. The molecule has 1 atom stereocenters. The third-order valence-corrected chi connectivity index (χ3v) is 3.22. The van der Waals surface area contributed by atoms with Gasteiger partial charge in [-0.15, -0.1) is 0 Å². The molecule has 1 aromatic heterocycles. The smallest absolute Gasteiger partial charge is 0.129 e. The Kier molecular flexibility index (Phi) is 4.20. The number of hydrogen-bond acceptors (Lipinski definition) is 4. The van der Waals surface area contributed by atoms with Gasteiger partial charge in [-0.1, -0.05) is 11.6 Å². The Balaban J connectivity index is 2.20. The van der Waals surface area contributed by atoms with Crippen LogP contribution in [-0.2, 0) is 11.3 Å². The molecular formula is C12H18ClN3O. The molecule has 5 heteroatoms. The molecule has 0 aromatic carbocycles. The summed E-state index contributed by atoms with van der Waals surface area (Å²) in [6.45, 7) is 5.08. The van der Waals surface area contributed by atoms with Crippen molar-refractivity contribution in [3.63, 3.8) is 0 Å². The monoisotopic (exact) mass is 255 g/mol. The largest absolute Gasteiger partial charge is 0.377 e. The van der Waals surface area contributed by atoms with Crippen LogP contribution in [0.2, 0.25) is 5.02 Å². The van der Waals surface area contributed by atoms with E-state index in [0.717, 1.165) is 37.6 Å². The molecule has 0 aliphatic carbocycles. The maximum absolute atomic E-state index is 6.01. The number of pyridine rings is 1. The van der Waals surface area contributed by atoms with Gasteiger partial charge in [-0.25, -0.2) is 4.98 Å². The number of aromatic nitrogens is 1. The van der Waals surface area contributed by atoms with Crippen LogP contribution in [0.5, 0.6) is 0 Å². The lowest BCUT2D eigenvalue weighted by atomic mass is 10.3. The van der Waals surface area contributed by atoms with Gasteiger partial charge in [0.1, 0.15) is 5.82 Å². The molecule has 1 saturated heterocycles. The molecule has 2 N–H and O–H groups in total. The van der Waals surface area contributed by atoms with Crippen LogP contribution in [0.1, 0.15) is 19.0 Å². The molecular weight excluding hydrogens is 238 g/mol. The summed E-state index contributed by atoms with van der Waals surface area (Å²) >= 11 is 6.01. The second kappa shape index (κ2) is 5.67. The van der Waals surface area contributed by atoms with Gasteiger partial charge in [0.2, 0.25) is 0 Å². The Bertz CT molecular complexity index is 386. The molecule has 0 amide bonds. The van der Waals surface area contributed by atoms with E-state index >= 15 is 0 Å². The zero-order valence-corrected chi connectivity index (χ0v) is 10.8. The Morgan fingerprint density at radius 1 is 1.59 bits per heavy atom. The summed E-state index contributed by atoms with van der Waals surface area (Å²) < 4.78 is 5.61. The summed E-state index contributed by atoms with van der Waals surface area (Å²) in [6, 6.07) is 3.81. The first-order chi connectivity index (χ1) is 8.20. The van der Waals surface area contributed by atoms with Crippen molar-refractivity contribution in [2.45, 2.75) is 26.0 Å². The quantitative estimate of drug-likeness (QED) is 0.876. The van der Waals surface area contributed by atoms with Crippen molar-refractivity contribution >= 4 is 17.4 Å². The maximum atomic E-state index is 6.01. The second-order valence-corrected chi connectivity index (χ2v) is 4.69. The highest BCUT2D eigenvalue weighted by Crippen LogP contribution is 2.20. The van der Waals surface area contributed by atoms with E-state index in [1.165, 1.54) is 0 Å². The normalized spacial score (nSPS) is 21.4. The van der Waals surface area contributed by atoms with Gasteiger partial charge < -0.3 is 15.4 Å². The first kappa shape index (κ1) is 12.6. The Labute approximate surface area is 107 Å². The van der Waals surface area contributed by atoms with Crippen molar-refractivity contribution < 1.29 is 4.74 Å². The van der Waals surface area contributed by atoms with E-state index in [9.17, 15) is 0 Å². The van der Waals surface area contributed by atoms with Crippen molar-refractivity contribution in [2.24, 2.45) is 5.73 Å². The minimum absolute atomic E-state index is 0.233. The first-order valence-corrected chi connectivity index (χ1v) is 6.30. The van der Waals surface area contributed by atoms with E-state index in [4.69, 9.17) is 22.1 Å². The Morgan fingerprint density at radius 3 is 3.18 bits per heavy atom. The molecule has 0 spiro atoms. The van der Waals surface area contributed by atoms with Gasteiger partial charge in [0.05, 0.1) is 16.8 Å².